The Balaban J connectivity index is 3.21. The van der Waals surface area contributed by atoms with Gasteiger partial charge in [-0.15, -0.1) is 0 Å². The molecule has 8 heteroatoms. The lowest BCUT2D eigenvalue weighted by molar-refractivity contribution is 0.0951. The molecular weight excluding hydrogens is 320 g/mol. The van der Waals surface area contributed by atoms with E-state index >= 15 is 0 Å². The van der Waals surface area contributed by atoms with Crippen LogP contribution in [0.3, 0.4) is 0 Å². The van der Waals surface area contributed by atoms with Crippen LogP contribution in [0.25, 0.3) is 0 Å². The van der Waals surface area contributed by atoms with E-state index < -0.39 is 0 Å². The van der Waals surface area contributed by atoms with Crippen molar-refractivity contribution in [1.82, 2.24) is 16.1 Å². The Morgan fingerprint density at radius 3 is 2.00 bits per heavy atom. The molecule has 0 bridgehead atoms. The van der Waals surface area contributed by atoms with Gasteiger partial charge in [0.25, 0.3) is 11.8 Å². The fourth-order valence-electron chi connectivity index (χ4n) is 3.12. The summed E-state index contributed by atoms with van der Waals surface area (Å²) in [4.78, 5) is 25.0. The van der Waals surface area contributed by atoms with Crippen molar-refractivity contribution in [3.05, 3.63) is 27.8 Å². The first kappa shape index (κ1) is 20.9. The first-order valence-electron chi connectivity index (χ1n) is 8.31. The van der Waals surface area contributed by atoms with Crippen molar-refractivity contribution in [3.63, 3.8) is 0 Å². The molecule has 0 aromatic heterocycles. The van der Waals surface area contributed by atoms with E-state index in [1.807, 2.05) is 13.8 Å². The third kappa shape index (κ3) is 4.47. The van der Waals surface area contributed by atoms with Crippen molar-refractivity contribution in [2.45, 2.75) is 33.2 Å². The fraction of sp³-hybridized carbons (Fsp3) is 0.529. The molecule has 2 amide bonds. The van der Waals surface area contributed by atoms with E-state index in [1.165, 1.54) is 0 Å². The highest BCUT2D eigenvalue weighted by molar-refractivity contribution is 6.06. The molecule has 1 aromatic rings. The lowest BCUT2D eigenvalue weighted by Crippen LogP contribution is -2.43. The van der Waals surface area contributed by atoms with Gasteiger partial charge in [-0.3, -0.25) is 20.9 Å². The van der Waals surface area contributed by atoms with Gasteiger partial charge < -0.3 is 21.7 Å². The molecule has 0 fully saturated rings. The van der Waals surface area contributed by atoms with Gasteiger partial charge >= 0.3 is 0 Å². The van der Waals surface area contributed by atoms with Gasteiger partial charge in [0.05, 0.1) is 0 Å². The Bertz CT molecular complexity index is 641. The van der Waals surface area contributed by atoms with Gasteiger partial charge in [0.1, 0.15) is 0 Å². The number of rotatable bonds is 8. The summed E-state index contributed by atoms with van der Waals surface area (Å²) in [6, 6.07) is -0.0604. The summed E-state index contributed by atoms with van der Waals surface area (Å²) in [5.41, 5.74) is 12.3. The molecule has 8 nitrogen and oxygen atoms in total. The average molecular weight is 350 g/mol. The largest absolute Gasteiger partial charge is 0.388 e. The molecule has 0 saturated heterocycles. The molecule has 0 heterocycles. The molecule has 0 spiro atoms. The van der Waals surface area contributed by atoms with E-state index in [1.54, 1.807) is 21.0 Å². The quantitative estimate of drug-likeness (QED) is 0.287. The monoisotopic (exact) mass is 350 g/mol. The highest BCUT2D eigenvalue weighted by Crippen LogP contribution is 2.31. The lowest BCUT2D eigenvalue weighted by atomic mass is 9.90. The Hall–Kier alpha value is -2.16. The van der Waals surface area contributed by atoms with Crippen LogP contribution >= 0.6 is 0 Å². The number of nitrogens with two attached hydrogens (primary N) is 2. The smallest absolute Gasteiger partial charge is 0.251 e. The van der Waals surface area contributed by atoms with Crippen LogP contribution in [-0.4, -0.2) is 45.0 Å². The van der Waals surface area contributed by atoms with Gasteiger partial charge in [0.15, 0.2) is 0 Å². The second-order valence-electron chi connectivity index (χ2n) is 5.97. The van der Waals surface area contributed by atoms with Crippen LogP contribution in [0.1, 0.15) is 43.8 Å². The van der Waals surface area contributed by atoms with E-state index in [2.05, 4.69) is 21.4 Å². The summed E-state index contributed by atoms with van der Waals surface area (Å²) in [6.45, 7) is 6.36. The Labute approximate surface area is 149 Å². The third-order valence-electron chi connectivity index (χ3n) is 4.48. The molecule has 0 aliphatic carbocycles. The van der Waals surface area contributed by atoms with Crippen molar-refractivity contribution in [3.8, 4) is 0 Å². The average Bonchev–Trinajstić information content (AvgIpc) is 2.58. The van der Waals surface area contributed by atoms with Crippen molar-refractivity contribution < 1.29 is 9.59 Å². The maximum Gasteiger partial charge on any atom is 0.251 e. The zero-order chi connectivity index (χ0) is 19.1. The van der Waals surface area contributed by atoms with Crippen LogP contribution in [0.2, 0.25) is 0 Å². The summed E-state index contributed by atoms with van der Waals surface area (Å²) in [7, 11) is 3.35. The number of amides is 2. The zero-order valence-corrected chi connectivity index (χ0v) is 15.7. The summed E-state index contributed by atoms with van der Waals surface area (Å²) >= 11 is 0. The molecule has 0 aliphatic heterocycles. The molecule has 0 saturated carbocycles. The molecule has 0 radical (unpaired) electrons. The van der Waals surface area contributed by atoms with Crippen LogP contribution in [-0.2, 0) is 0 Å². The predicted octanol–water partition coefficient (Wildman–Crippen LogP) is -0.0763. The lowest BCUT2D eigenvalue weighted by Gasteiger charge is -2.21. The van der Waals surface area contributed by atoms with Crippen molar-refractivity contribution in [2.24, 2.45) is 11.6 Å². The van der Waals surface area contributed by atoms with Gasteiger partial charge in [-0.25, -0.2) is 0 Å². The number of hydrogen-bond donors (Lipinski definition) is 6. The van der Waals surface area contributed by atoms with Gasteiger partial charge in [-0.1, -0.05) is 0 Å². The van der Waals surface area contributed by atoms with E-state index in [4.69, 9.17) is 11.6 Å². The number of benzene rings is 1. The number of nitrogens with one attached hydrogen (secondary N) is 4. The number of anilines is 1. The summed E-state index contributed by atoms with van der Waals surface area (Å²) in [5.74, 6) is 4.96. The van der Waals surface area contributed by atoms with Gasteiger partial charge in [-0.05, 0) is 43.9 Å². The fourth-order valence-corrected chi connectivity index (χ4v) is 3.12. The molecule has 0 aliphatic rings. The summed E-state index contributed by atoms with van der Waals surface area (Å²) in [6.07, 6.45) is 0.615. The number of hydrogen-bond acceptors (Lipinski definition) is 6. The SMILES string of the molecule is CNC(=O)c1c(C)c(NC)c(C)c(C(=O)NCCC(CN)NN)c1C. The highest BCUT2D eigenvalue weighted by Gasteiger charge is 2.24. The predicted molar refractivity (Wildman–Crippen MR) is 101 cm³/mol. The maximum atomic E-state index is 12.7. The minimum absolute atomic E-state index is 0.0604. The minimum atomic E-state index is -0.218. The summed E-state index contributed by atoms with van der Waals surface area (Å²) in [5, 5.41) is 8.62. The Morgan fingerprint density at radius 2 is 1.56 bits per heavy atom. The molecule has 1 unspecified atom stereocenters. The standard InChI is InChI=1S/C17H30N6O2/c1-9-13(16(24)21-5)10(2)15(20-4)11(3)14(9)17(25)22-7-6-12(8-18)23-19/h12,20,23H,6-8,18-19H2,1-5H3,(H,21,24)(H,22,25). The summed E-state index contributed by atoms with van der Waals surface area (Å²) < 4.78 is 0. The van der Waals surface area contributed by atoms with Crippen molar-refractivity contribution in [1.29, 1.82) is 0 Å². The van der Waals surface area contributed by atoms with Crippen LogP contribution in [0.4, 0.5) is 5.69 Å². The van der Waals surface area contributed by atoms with Crippen LogP contribution in [0, 0.1) is 20.8 Å². The normalized spacial score (nSPS) is 11.8. The molecular formula is C17H30N6O2. The zero-order valence-electron chi connectivity index (χ0n) is 15.7. The second-order valence-corrected chi connectivity index (χ2v) is 5.97. The number of carbonyl (C=O) groups excluding carboxylic acids is 2. The van der Waals surface area contributed by atoms with Gasteiger partial charge in [0, 0.05) is 50.0 Å². The van der Waals surface area contributed by atoms with Gasteiger partial charge in [0.2, 0.25) is 0 Å². The van der Waals surface area contributed by atoms with E-state index in [9.17, 15) is 9.59 Å². The Kier molecular flexibility index (Phi) is 7.82. The van der Waals surface area contributed by atoms with Crippen molar-refractivity contribution in [2.75, 3.05) is 32.5 Å². The van der Waals surface area contributed by atoms with Gasteiger partial charge in [-0.2, -0.15) is 0 Å². The molecule has 25 heavy (non-hydrogen) atoms. The highest BCUT2D eigenvalue weighted by atomic mass is 16.2. The van der Waals surface area contributed by atoms with Crippen LogP contribution in [0.5, 0.6) is 0 Å². The molecule has 1 aromatic carbocycles. The molecule has 140 valence electrons. The molecule has 1 atom stereocenters. The molecule has 1 rings (SSSR count). The number of hydrazine groups is 1. The van der Waals surface area contributed by atoms with E-state index in [0.29, 0.717) is 36.2 Å². The topological polar surface area (TPSA) is 134 Å². The van der Waals surface area contributed by atoms with E-state index in [-0.39, 0.29) is 17.9 Å². The van der Waals surface area contributed by atoms with Crippen LogP contribution in [0.15, 0.2) is 0 Å². The maximum absolute atomic E-state index is 12.7. The second kappa shape index (κ2) is 9.36. The number of carbonyl (C=O) groups is 2. The van der Waals surface area contributed by atoms with Crippen molar-refractivity contribution >= 4 is 17.5 Å². The third-order valence-corrected chi connectivity index (χ3v) is 4.48. The first-order valence-corrected chi connectivity index (χ1v) is 8.31. The van der Waals surface area contributed by atoms with E-state index in [0.717, 1.165) is 16.8 Å². The first-order chi connectivity index (χ1) is 11.8. The molecule has 8 N–H and O–H groups in total. The Morgan fingerprint density at radius 1 is 1.00 bits per heavy atom. The van der Waals surface area contributed by atoms with Crippen LogP contribution < -0.4 is 33.0 Å². The minimum Gasteiger partial charge on any atom is -0.388 e.